The number of carbonyl (C=O) groups is 1. The van der Waals surface area contributed by atoms with Crippen LogP contribution in [0.4, 0.5) is 0 Å². The summed E-state index contributed by atoms with van der Waals surface area (Å²) in [6.07, 6.45) is 1.61. The third-order valence-electron chi connectivity index (χ3n) is 4.64. The van der Waals surface area contributed by atoms with Crippen LogP contribution in [0.5, 0.6) is 0 Å². The van der Waals surface area contributed by atoms with E-state index in [2.05, 4.69) is 29.3 Å². The van der Waals surface area contributed by atoms with Crippen molar-refractivity contribution in [1.29, 1.82) is 0 Å². The molecule has 0 bridgehead atoms. The summed E-state index contributed by atoms with van der Waals surface area (Å²) in [6, 6.07) is 8.26. The van der Waals surface area contributed by atoms with E-state index in [9.17, 15) is 4.79 Å². The van der Waals surface area contributed by atoms with E-state index in [1.54, 1.807) is 0 Å². The van der Waals surface area contributed by atoms with Gasteiger partial charge in [-0.05, 0) is 37.8 Å². The summed E-state index contributed by atoms with van der Waals surface area (Å²) in [6.45, 7) is 8.44. The molecule has 1 aliphatic rings. The molecular weight excluding hydrogens is 330 g/mol. The Bertz CT molecular complexity index is 596. The van der Waals surface area contributed by atoms with Crippen LogP contribution in [0.3, 0.4) is 0 Å². The second-order valence-corrected chi connectivity index (χ2v) is 6.36. The summed E-state index contributed by atoms with van der Waals surface area (Å²) in [4.78, 5) is 18.8. The Hall–Kier alpha value is -2.08. The van der Waals surface area contributed by atoms with E-state index in [1.807, 2.05) is 19.1 Å². The van der Waals surface area contributed by atoms with E-state index in [1.165, 1.54) is 18.2 Å². The number of nitrogens with one attached hydrogen (secondary N) is 1. The second kappa shape index (κ2) is 10.8. The monoisotopic (exact) mass is 361 g/mol. The Kier molecular flexibility index (Phi) is 8.41. The molecule has 1 aromatic carbocycles. The molecule has 0 amide bonds. The lowest BCUT2D eigenvalue weighted by Gasteiger charge is -2.33. The highest BCUT2D eigenvalue weighted by molar-refractivity contribution is 5.80. The number of piperidine rings is 1. The summed E-state index contributed by atoms with van der Waals surface area (Å²) >= 11 is 0. The maximum atomic E-state index is 11.7. The molecule has 1 aromatic rings. The molecule has 0 aliphatic carbocycles. The number of aliphatic imine (C=N–C) groups is 1. The number of guanidine groups is 1. The van der Waals surface area contributed by atoms with Crippen LogP contribution in [-0.4, -0.2) is 50.2 Å². The Balaban J connectivity index is 2.02. The van der Waals surface area contributed by atoms with Crippen molar-refractivity contribution in [2.75, 3.05) is 33.4 Å². The molecule has 2 rings (SSSR count). The fourth-order valence-corrected chi connectivity index (χ4v) is 3.14. The van der Waals surface area contributed by atoms with Gasteiger partial charge in [0.15, 0.2) is 5.96 Å². The van der Waals surface area contributed by atoms with Crippen LogP contribution in [0.2, 0.25) is 0 Å². The van der Waals surface area contributed by atoms with Crippen LogP contribution in [0.15, 0.2) is 29.3 Å². The number of esters is 1. The predicted octanol–water partition coefficient (Wildman–Crippen LogP) is 2.57. The van der Waals surface area contributed by atoms with E-state index in [-0.39, 0.29) is 11.9 Å². The summed E-state index contributed by atoms with van der Waals surface area (Å²) in [5, 5.41) is 3.37. The highest BCUT2D eigenvalue weighted by Crippen LogP contribution is 2.19. The fraction of sp³-hybridized carbons (Fsp3) is 0.600. The summed E-state index contributed by atoms with van der Waals surface area (Å²) in [5.41, 5.74) is 2.36. The van der Waals surface area contributed by atoms with Crippen LogP contribution < -0.4 is 5.32 Å². The zero-order valence-corrected chi connectivity index (χ0v) is 16.2. The molecule has 0 radical (unpaired) electrons. The molecule has 6 nitrogen and oxygen atoms in total. The van der Waals surface area contributed by atoms with Gasteiger partial charge in [-0.1, -0.05) is 24.3 Å². The van der Waals surface area contributed by atoms with E-state index >= 15 is 0 Å². The van der Waals surface area contributed by atoms with E-state index in [4.69, 9.17) is 14.5 Å². The maximum Gasteiger partial charge on any atom is 0.308 e. The van der Waals surface area contributed by atoms with Crippen molar-refractivity contribution in [3.05, 3.63) is 35.4 Å². The molecule has 0 unspecified atom stereocenters. The van der Waals surface area contributed by atoms with Gasteiger partial charge in [0.1, 0.15) is 0 Å². The van der Waals surface area contributed by atoms with Crippen LogP contribution in [0.25, 0.3) is 0 Å². The zero-order valence-electron chi connectivity index (χ0n) is 16.2. The third-order valence-corrected chi connectivity index (χ3v) is 4.64. The first-order valence-corrected chi connectivity index (χ1v) is 9.45. The third kappa shape index (κ3) is 5.73. The first-order chi connectivity index (χ1) is 12.7. The number of benzene rings is 1. The summed E-state index contributed by atoms with van der Waals surface area (Å²) in [7, 11) is 1.46. The average Bonchev–Trinajstić information content (AvgIpc) is 2.69. The maximum absolute atomic E-state index is 11.7. The van der Waals surface area contributed by atoms with E-state index < -0.39 is 0 Å². The highest BCUT2D eigenvalue weighted by Gasteiger charge is 2.26. The van der Waals surface area contributed by atoms with Crippen molar-refractivity contribution in [3.63, 3.8) is 0 Å². The minimum absolute atomic E-state index is 0.00560. The van der Waals surface area contributed by atoms with Crippen molar-refractivity contribution in [3.8, 4) is 0 Å². The number of hydrogen-bond acceptors (Lipinski definition) is 4. The Morgan fingerprint density at radius 3 is 2.54 bits per heavy atom. The lowest BCUT2D eigenvalue weighted by atomic mass is 9.97. The molecule has 0 saturated carbocycles. The molecule has 0 aromatic heterocycles. The van der Waals surface area contributed by atoms with E-state index in [0.717, 1.165) is 38.4 Å². The van der Waals surface area contributed by atoms with Gasteiger partial charge < -0.3 is 19.7 Å². The molecule has 0 spiro atoms. The van der Waals surface area contributed by atoms with Gasteiger partial charge in [-0.25, -0.2) is 4.99 Å². The smallest absolute Gasteiger partial charge is 0.308 e. The molecule has 144 valence electrons. The molecule has 1 N–H and O–H groups in total. The van der Waals surface area contributed by atoms with Crippen molar-refractivity contribution in [2.24, 2.45) is 10.9 Å². The molecule has 1 fully saturated rings. The molecule has 1 heterocycles. The number of hydrogen-bond donors (Lipinski definition) is 1. The van der Waals surface area contributed by atoms with Gasteiger partial charge in [-0.15, -0.1) is 0 Å². The molecule has 0 atom stereocenters. The van der Waals surface area contributed by atoms with Gasteiger partial charge in [-0.2, -0.15) is 0 Å². The number of likely N-dealkylation sites (tertiary alicyclic amines) is 1. The minimum atomic E-state index is -0.101. The summed E-state index contributed by atoms with van der Waals surface area (Å²) < 4.78 is 10.4. The van der Waals surface area contributed by atoms with Gasteiger partial charge in [0, 0.05) is 26.2 Å². The normalized spacial score (nSPS) is 15.8. The minimum Gasteiger partial charge on any atom is -0.469 e. The van der Waals surface area contributed by atoms with Gasteiger partial charge in [0.2, 0.25) is 0 Å². The first-order valence-electron chi connectivity index (χ1n) is 9.45. The van der Waals surface area contributed by atoms with E-state index in [0.29, 0.717) is 19.8 Å². The number of nitrogens with zero attached hydrogens (tertiary/aromatic N) is 2. The van der Waals surface area contributed by atoms with Crippen LogP contribution in [0, 0.1) is 5.92 Å². The highest BCUT2D eigenvalue weighted by atomic mass is 16.5. The van der Waals surface area contributed by atoms with Gasteiger partial charge in [0.05, 0.1) is 26.2 Å². The lowest BCUT2D eigenvalue weighted by Crippen LogP contribution is -2.46. The number of carbonyl (C=O) groups excluding carboxylic acids is 1. The number of methoxy groups -OCH3 is 1. The SMILES string of the molecule is CCNC(=NCc1ccccc1COCC)N1CCC(C(=O)OC)CC1. The summed E-state index contributed by atoms with van der Waals surface area (Å²) in [5.74, 6) is 0.810. The molecule has 1 saturated heterocycles. The van der Waals surface area contributed by atoms with Crippen molar-refractivity contribution >= 4 is 11.9 Å². The zero-order chi connectivity index (χ0) is 18.8. The van der Waals surface area contributed by atoms with Gasteiger partial charge in [0.25, 0.3) is 0 Å². The van der Waals surface area contributed by atoms with Gasteiger partial charge >= 0.3 is 5.97 Å². The number of ether oxygens (including phenoxy) is 2. The topological polar surface area (TPSA) is 63.2 Å². The van der Waals surface area contributed by atoms with Crippen LogP contribution >= 0.6 is 0 Å². The second-order valence-electron chi connectivity index (χ2n) is 6.36. The van der Waals surface area contributed by atoms with Crippen molar-refractivity contribution in [2.45, 2.75) is 39.8 Å². The van der Waals surface area contributed by atoms with Crippen molar-refractivity contribution in [1.82, 2.24) is 10.2 Å². The largest absolute Gasteiger partial charge is 0.469 e. The molecule has 6 heteroatoms. The van der Waals surface area contributed by atoms with Crippen LogP contribution in [0.1, 0.15) is 37.8 Å². The Morgan fingerprint density at radius 1 is 1.23 bits per heavy atom. The van der Waals surface area contributed by atoms with Crippen LogP contribution in [-0.2, 0) is 27.4 Å². The Morgan fingerprint density at radius 2 is 1.92 bits per heavy atom. The first kappa shape index (κ1) is 20.2. The lowest BCUT2D eigenvalue weighted by molar-refractivity contribution is -0.146. The van der Waals surface area contributed by atoms with Crippen molar-refractivity contribution < 1.29 is 14.3 Å². The number of rotatable bonds is 7. The Labute approximate surface area is 156 Å². The fourth-order valence-electron chi connectivity index (χ4n) is 3.14. The predicted molar refractivity (Wildman–Crippen MR) is 103 cm³/mol. The molecular formula is C20H31N3O3. The quantitative estimate of drug-likeness (QED) is 0.459. The molecule has 26 heavy (non-hydrogen) atoms. The average molecular weight is 361 g/mol. The molecule has 1 aliphatic heterocycles. The van der Waals surface area contributed by atoms with Gasteiger partial charge in [-0.3, -0.25) is 4.79 Å². The standard InChI is InChI=1S/C20H31N3O3/c1-4-21-20(23-12-10-16(11-13-23)19(24)25-3)22-14-17-8-6-7-9-18(17)15-26-5-2/h6-9,16H,4-5,10-15H2,1-3H3,(H,21,22).